The zero-order chi connectivity index (χ0) is 14.3. The summed E-state index contributed by atoms with van der Waals surface area (Å²) in [4.78, 5) is 14.2. The fourth-order valence-corrected chi connectivity index (χ4v) is 2.93. The van der Waals surface area contributed by atoms with E-state index in [4.69, 9.17) is 5.73 Å². The molecule has 1 heterocycles. The number of carbonyl (C=O) groups is 1. The van der Waals surface area contributed by atoms with Gasteiger partial charge in [0.25, 0.3) is 5.91 Å². The lowest BCUT2D eigenvalue weighted by atomic mass is 10.1. The van der Waals surface area contributed by atoms with E-state index in [1.54, 1.807) is 17.0 Å². The standard InChI is InChI=1S/C15H12BrFN2O/c16-11-5-10(6-12(17)8-11)15(20)19-4-3-9-7-13(18)1-2-14(9)19/h1-2,5-8H,3-4,18H2. The molecule has 0 saturated heterocycles. The molecule has 3 rings (SSSR count). The van der Waals surface area contributed by atoms with E-state index >= 15 is 0 Å². The van der Waals surface area contributed by atoms with Gasteiger partial charge in [-0.05, 0) is 48.4 Å². The summed E-state index contributed by atoms with van der Waals surface area (Å²) in [5, 5.41) is 0. The Bertz CT molecular complexity index is 682. The van der Waals surface area contributed by atoms with E-state index in [1.807, 2.05) is 12.1 Å². The Morgan fingerprint density at radius 1 is 1.25 bits per heavy atom. The maximum Gasteiger partial charge on any atom is 0.258 e. The molecule has 0 atom stereocenters. The monoisotopic (exact) mass is 334 g/mol. The highest BCUT2D eigenvalue weighted by Gasteiger charge is 2.26. The molecule has 0 spiro atoms. The second-order valence-electron chi connectivity index (χ2n) is 4.75. The van der Waals surface area contributed by atoms with Gasteiger partial charge in [-0.2, -0.15) is 0 Å². The first-order valence-electron chi connectivity index (χ1n) is 6.21. The molecule has 2 aromatic carbocycles. The fraction of sp³-hybridized carbons (Fsp3) is 0.133. The van der Waals surface area contributed by atoms with Gasteiger partial charge in [-0.3, -0.25) is 4.79 Å². The van der Waals surface area contributed by atoms with Crippen LogP contribution in [0.3, 0.4) is 0 Å². The third-order valence-electron chi connectivity index (χ3n) is 3.35. The normalized spacial score (nSPS) is 13.4. The first-order chi connectivity index (χ1) is 9.54. The highest BCUT2D eigenvalue weighted by atomic mass is 79.9. The van der Waals surface area contributed by atoms with E-state index < -0.39 is 5.82 Å². The van der Waals surface area contributed by atoms with Gasteiger partial charge in [-0.25, -0.2) is 4.39 Å². The van der Waals surface area contributed by atoms with Crippen molar-refractivity contribution < 1.29 is 9.18 Å². The van der Waals surface area contributed by atoms with Gasteiger partial charge in [0.05, 0.1) is 0 Å². The minimum atomic E-state index is -0.431. The number of nitrogen functional groups attached to an aromatic ring is 1. The molecular weight excluding hydrogens is 323 g/mol. The molecule has 1 aliphatic heterocycles. The fourth-order valence-electron chi connectivity index (χ4n) is 2.47. The molecule has 2 N–H and O–H groups in total. The predicted octanol–water partition coefficient (Wildman–Crippen LogP) is 3.37. The second-order valence-corrected chi connectivity index (χ2v) is 5.67. The van der Waals surface area contributed by atoms with Crippen molar-refractivity contribution in [2.24, 2.45) is 0 Å². The summed E-state index contributed by atoms with van der Waals surface area (Å²) >= 11 is 3.20. The summed E-state index contributed by atoms with van der Waals surface area (Å²) in [5.41, 5.74) is 8.67. The summed E-state index contributed by atoms with van der Waals surface area (Å²) in [6.07, 6.45) is 0.766. The smallest absolute Gasteiger partial charge is 0.258 e. The van der Waals surface area contributed by atoms with Gasteiger partial charge in [0.15, 0.2) is 0 Å². The van der Waals surface area contributed by atoms with E-state index in [0.29, 0.717) is 22.3 Å². The highest BCUT2D eigenvalue weighted by Crippen LogP contribution is 2.31. The van der Waals surface area contributed by atoms with Gasteiger partial charge < -0.3 is 10.6 Å². The third-order valence-corrected chi connectivity index (χ3v) is 3.81. The Balaban J connectivity index is 1.97. The lowest BCUT2D eigenvalue weighted by Gasteiger charge is -2.17. The number of halogens is 2. The van der Waals surface area contributed by atoms with Crippen LogP contribution in [0.1, 0.15) is 15.9 Å². The number of nitrogens with zero attached hydrogens (tertiary/aromatic N) is 1. The van der Waals surface area contributed by atoms with Gasteiger partial charge in [0.1, 0.15) is 5.82 Å². The number of rotatable bonds is 1. The Labute approximate surface area is 124 Å². The SMILES string of the molecule is Nc1ccc2c(c1)CCN2C(=O)c1cc(F)cc(Br)c1. The predicted molar refractivity (Wildman–Crippen MR) is 80.3 cm³/mol. The number of hydrogen-bond donors (Lipinski definition) is 1. The third kappa shape index (κ3) is 2.29. The Kier molecular flexibility index (Phi) is 3.22. The summed E-state index contributed by atoms with van der Waals surface area (Å²) in [7, 11) is 0. The summed E-state index contributed by atoms with van der Waals surface area (Å²) in [6, 6.07) is 9.69. The average molecular weight is 335 g/mol. The molecule has 2 aromatic rings. The average Bonchev–Trinajstić information content (AvgIpc) is 2.79. The number of nitrogens with two attached hydrogens (primary N) is 1. The quantitative estimate of drug-likeness (QED) is 0.812. The van der Waals surface area contributed by atoms with E-state index in [2.05, 4.69) is 15.9 Å². The zero-order valence-corrected chi connectivity index (χ0v) is 12.2. The Morgan fingerprint density at radius 3 is 2.80 bits per heavy atom. The number of carbonyl (C=O) groups excluding carboxylic acids is 1. The molecular formula is C15H12BrFN2O. The van der Waals surface area contributed by atoms with Crippen LogP contribution in [0.15, 0.2) is 40.9 Å². The van der Waals surface area contributed by atoms with Crippen LogP contribution in [0.25, 0.3) is 0 Å². The molecule has 0 unspecified atom stereocenters. The zero-order valence-electron chi connectivity index (χ0n) is 10.6. The number of amides is 1. The molecule has 102 valence electrons. The van der Waals surface area contributed by atoms with Crippen LogP contribution >= 0.6 is 15.9 Å². The van der Waals surface area contributed by atoms with Gasteiger partial charge in [0, 0.05) is 28.0 Å². The van der Waals surface area contributed by atoms with E-state index in [-0.39, 0.29) is 5.91 Å². The lowest BCUT2D eigenvalue weighted by Crippen LogP contribution is -2.28. The van der Waals surface area contributed by atoms with Crippen molar-refractivity contribution in [2.75, 3.05) is 17.2 Å². The number of benzene rings is 2. The van der Waals surface area contributed by atoms with Gasteiger partial charge in [-0.15, -0.1) is 0 Å². The lowest BCUT2D eigenvalue weighted by molar-refractivity contribution is 0.0989. The van der Waals surface area contributed by atoms with Crippen molar-refractivity contribution in [3.63, 3.8) is 0 Å². The Morgan fingerprint density at radius 2 is 2.05 bits per heavy atom. The molecule has 0 saturated carbocycles. The van der Waals surface area contributed by atoms with Gasteiger partial charge in [-0.1, -0.05) is 15.9 Å². The van der Waals surface area contributed by atoms with Gasteiger partial charge in [0.2, 0.25) is 0 Å². The van der Waals surface area contributed by atoms with E-state index in [9.17, 15) is 9.18 Å². The summed E-state index contributed by atoms with van der Waals surface area (Å²) < 4.78 is 14.0. The first-order valence-corrected chi connectivity index (χ1v) is 7.00. The van der Waals surface area contributed by atoms with Gasteiger partial charge >= 0.3 is 0 Å². The van der Waals surface area contributed by atoms with E-state index in [0.717, 1.165) is 17.7 Å². The number of hydrogen-bond acceptors (Lipinski definition) is 2. The van der Waals surface area contributed by atoms with Crippen LogP contribution in [-0.4, -0.2) is 12.5 Å². The maximum atomic E-state index is 13.4. The van der Waals surface area contributed by atoms with Crippen LogP contribution in [0.5, 0.6) is 0 Å². The molecule has 1 amide bonds. The minimum Gasteiger partial charge on any atom is -0.399 e. The molecule has 0 aliphatic carbocycles. The van der Waals surface area contributed by atoms with Crippen molar-refractivity contribution in [1.82, 2.24) is 0 Å². The summed E-state index contributed by atoms with van der Waals surface area (Å²) in [6.45, 7) is 0.589. The molecule has 0 radical (unpaired) electrons. The van der Waals surface area contributed by atoms with Crippen LogP contribution in [0.2, 0.25) is 0 Å². The van der Waals surface area contributed by atoms with Crippen LogP contribution < -0.4 is 10.6 Å². The van der Waals surface area contributed by atoms with E-state index in [1.165, 1.54) is 12.1 Å². The van der Waals surface area contributed by atoms with Crippen molar-refractivity contribution in [3.8, 4) is 0 Å². The van der Waals surface area contributed by atoms with Crippen molar-refractivity contribution in [2.45, 2.75) is 6.42 Å². The van der Waals surface area contributed by atoms with Crippen molar-refractivity contribution in [3.05, 3.63) is 57.8 Å². The summed E-state index contributed by atoms with van der Waals surface area (Å²) in [5.74, 6) is -0.631. The Hall–Kier alpha value is -1.88. The molecule has 5 heteroatoms. The molecule has 0 aromatic heterocycles. The van der Waals surface area contributed by atoms with Crippen molar-refractivity contribution in [1.29, 1.82) is 0 Å². The van der Waals surface area contributed by atoms with Crippen LogP contribution in [0, 0.1) is 5.82 Å². The topological polar surface area (TPSA) is 46.3 Å². The minimum absolute atomic E-state index is 0.200. The largest absolute Gasteiger partial charge is 0.399 e. The first kappa shape index (κ1) is 13.1. The molecule has 1 aliphatic rings. The van der Waals surface area contributed by atoms with Crippen molar-refractivity contribution >= 4 is 33.2 Å². The van der Waals surface area contributed by atoms with Crippen LogP contribution in [0.4, 0.5) is 15.8 Å². The number of anilines is 2. The second kappa shape index (κ2) is 4.90. The maximum absolute atomic E-state index is 13.4. The molecule has 20 heavy (non-hydrogen) atoms. The molecule has 3 nitrogen and oxygen atoms in total. The van der Waals surface area contributed by atoms with Crippen LogP contribution in [-0.2, 0) is 6.42 Å². The highest BCUT2D eigenvalue weighted by molar-refractivity contribution is 9.10. The molecule has 0 fully saturated rings. The number of fused-ring (bicyclic) bond motifs is 1. The molecule has 0 bridgehead atoms.